The Bertz CT molecular complexity index is 1190. The number of fused-ring (bicyclic) bond motifs is 1. The number of pyridine rings is 2. The first kappa shape index (κ1) is 21.9. The van der Waals surface area contributed by atoms with Crippen LogP contribution in [0.4, 0.5) is 4.39 Å². The van der Waals surface area contributed by atoms with Gasteiger partial charge in [0.25, 0.3) is 5.56 Å². The van der Waals surface area contributed by atoms with Crippen molar-refractivity contribution in [2.45, 2.75) is 13.5 Å². The highest BCUT2D eigenvalue weighted by Gasteiger charge is 2.25. The molecule has 3 heterocycles. The van der Waals surface area contributed by atoms with Crippen LogP contribution in [0.2, 0.25) is 0 Å². The number of halogens is 1. The van der Waals surface area contributed by atoms with Gasteiger partial charge in [0.05, 0.1) is 25.2 Å². The number of benzene rings is 1. The van der Waals surface area contributed by atoms with Crippen LogP contribution in [0.3, 0.4) is 0 Å². The molecule has 3 aromatic rings. The molecular weight excluding hydrogens is 417 g/mol. The Labute approximate surface area is 183 Å². The van der Waals surface area contributed by atoms with Gasteiger partial charge in [0.15, 0.2) is 5.56 Å². The molecule has 168 valence electrons. The lowest BCUT2D eigenvalue weighted by Crippen LogP contribution is -2.40. The van der Waals surface area contributed by atoms with Crippen molar-refractivity contribution in [3.05, 3.63) is 58.3 Å². The summed E-state index contributed by atoms with van der Waals surface area (Å²) >= 11 is 0. The average Bonchev–Trinajstić information content (AvgIpc) is 2.80. The summed E-state index contributed by atoms with van der Waals surface area (Å²) in [6.07, 6.45) is 1.56. The molecule has 9 heteroatoms. The third-order valence-electron chi connectivity index (χ3n) is 5.47. The van der Waals surface area contributed by atoms with E-state index in [0.717, 1.165) is 13.1 Å². The van der Waals surface area contributed by atoms with Gasteiger partial charge in [-0.25, -0.2) is 14.2 Å². The zero-order valence-corrected chi connectivity index (χ0v) is 17.7. The summed E-state index contributed by atoms with van der Waals surface area (Å²) in [6, 6.07) is 7.48. The van der Waals surface area contributed by atoms with Gasteiger partial charge in [-0.05, 0) is 30.7 Å². The number of hydrogen-bond donors (Lipinski definition) is 1. The minimum Gasteiger partial charge on any atom is -0.506 e. The van der Waals surface area contributed by atoms with Crippen LogP contribution >= 0.6 is 0 Å². The zero-order chi connectivity index (χ0) is 22.7. The molecule has 0 unspecified atom stereocenters. The van der Waals surface area contributed by atoms with E-state index >= 15 is 0 Å². The average molecular weight is 441 g/mol. The normalized spacial score (nSPS) is 14.6. The number of esters is 1. The van der Waals surface area contributed by atoms with Gasteiger partial charge in [-0.15, -0.1) is 0 Å². The molecule has 1 aliphatic heterocycles. The van der Waals surface area contributed by atoms with Gasteiger partial charge in [-0.1, -0.05) is 12.1 Å². The zero-order valence-electron chi connectivity index (χ0n) is 17.7. The van der Waals surface area contributed by atoms with Crippen LogP contribution in [0.15, 0.2) is 41.3 Å². The Morgan fingerprint density at radius 3 is 2.59 bits per heavy atom. The Balaban J connectivity index is 1.83. The first-order valence-corrected chi connectivity index (χ1v) is 10.5. The van der Waals surface area contributed by atoms with Crippen LogP contribution in [0.1, 0.15) is 17.3 Å². The van der Waals surface area contributed by atoms with E-state index in [0.29, 0.717) is 30.9 Å². The first-order valence-electron chi connectivity index (χ1n) is 10.5. The molecule has 0 atom stereocenters. The molecule has 2 aromatic heterocycles. The van der Waals surface area contributed by atoms with Crippen molar-refractivity contribution in [2.75, 3.05) is 39.5 Å². The molecular formula is C23H24FN3O5. The molecule has 4 rings (SSSR count). The number of aromatic hydroxyl groups is 1. The van der Waals surface area contributed by atoms with Crippen LogP contribution in [-0.2, 0) is 16.0 Å². The number of ether oxygens (including phenoxy) is 2. The predicted octanol–water partition coefficient (Wildman–Crippen LogP) is 2.42. The van der Waals surface area contributed by atoms with Gasteiger partial charge < -0.3 is 14.6 Å². The van der Waals surface area contributed by atoms with E-state index in [1.165, 1.54) is 16.7 Å². The topological polar surface area (TPSA) is 93.9 Å². The molecule has 0 radical (unpaired) electrons. The van der Waals surface area contributed by atoms with Gasteiger partial charge in [-0.3, -0.25) is 14.3 Å². The summed E-state index contributed by atoms with van der Waals surface area (Å²) in [4.78, 5) is 32.2. The maximum absolute atomic E-state index is 13.3. The minimum absolute atomic E-state index is 0.0669. The molecule has 8 nitrogen and oxygen atoms in total. The van der Waals surface area contributed by atoms with Crippen LogP contribution in [0.5, 0.6) is 5.75 Å². The number of morpholine rings is 1. The summed E-state index contributed by atoms with van der Waals surface area (Å²) in [5, 5.41) is 11.1. The summed E-state index contributed by atoms with van der Waals surface area (Å²) in [7, 11) is 0. The molecule has 0 aliphatic carbocycles. The van der Waals surface area contributed by atoms with Crippen molar-refractivity contribution in [1.29, 1.82) is 0 Å². The molecule has 0 saturated carbocycles. The second kappa shape index (κ2) is 9.46. The van der Waals surface area contributed by atoms with E-state index in [9.17, 15) is 19.1 Å². The molecule has 1 aromatic carbocycles. The van der Waals surface area contributed by atoms with Crippen LogP contribution in [-0.4, -0.2) is 65.0 Å². The smallest absolute Gasteiger partial charge is 0.347 e. The van der Waals surface area contributed by atoms with E-state index in [1.54, 1.807) is 31.3 Å². The van der Waals surface area contributed by atoms with Crippen LogP contribution < -0.4 is 5.56 Å². The van der Waals surface area contributed by atoms with E-state index in [1.807, 2.05) is 0 Å². The molecule has 1 aliphatic rings. The maximum atomic E-state index is 13.3. The highest BCUT2D eigenvalue weighted by Crippen LogP contribution is 2.30. The van der Waals surface area contributed by atoms with Crippen LogP contribution in [0, 0.1) is 5.82 Å². The highest BCUT2D eigenvalue weighted by molar-refractivity contribution is 5.99. The molecule has 0 amide bonds. The number of carbonyl (C=O) groups excluding carboxylic acids is 1. The van der Waals surface area contributed by atoms with E-state index in [2.05, 4.69) is 9.88 Å². The summed E-state index contributed by atoms with van der Waals surface area (Å²) in [5.74, 6) is -1.72. The molecule has 1 fully saturated rings. The lowest BCUT2D eigenvalue weighted by atomic mass is 10.0. The molecule has 1 N–H and O–H groups in total. The second-order valence-corrected chi connectivity index (χ2v) is 7.46. The largest absolute Gasteiger partial charge is 0.506 e. The Hall–Kier alpha value is -3.30. The Morgan fingerprint density at radius 2 is 1.91 bits per heavy atom. The SMILES string of the molecule is CCOC(=O)c1c(O)c2cc(-c3ccc(F)cc3)cnc2n(CCN2CCOCC2)c1=O. The maximum Gasteiger partial charge on any atom is 0.347 e. The molecule has 32 heavy (non-hydrogen) atoms. The van der Waals surface area contributed by atoms with Crippen molar-refractivity contribution >= 4 is 17.0 Å². The summed E-state index contributed by atoms with van der Waals surface area (Å²) < 4.78 is 25.1. The van der Waals surface area contributed by atoms with Gasteiger partial charge in [0.2, 0.25) is 0 Å². The highest BCUT2D eigenvalue weighted by atomic mass is 19.1. The predicted molar refractivity (Wildman–Crippen MR) is 116 cm³/mol. The fourth-order valence-corrected chi connectivity index (χ4v) is 3.78. The third-order valence-corrected chi connectivity index (χ3v) is 5.47. The number of hydrogen-bond acceptors (Lipinski definition) is 7. The fourth-order valence-electron chi connectivity index (χ4n) is 3.78. The number of nitrogens with zero attached hydrogens (tertiary/aromatic N) is 3. The van der Waals surface area contributed by atoms with Crippen molar-refractivity contribution < 1.29 is 23.8 Å². The summed E-state index contributed by atoms with van der Waals surface area (Å²) in [6.45, 7) is 5.28. The molecule has 0 bridgehead atoms. The van der Waals surface area contributed by atoms with E-state index in [4.69, 9.17) is 9.47 Å². The number of carbonyl (C=O) groups is 1. The lowest BCUT2D eigenvalue weighted by Gasteiger charge is -2.27. The van der Waals surface area contributed by atoms with E-state index < -0.39 is 22.8 Å². The van der Waals surface area contributed by atoms with Crippen molar-refractivity contribution in [3.8, 4) is 16.9 Å². The number of aromatic nitrogens is 2. The minimum atomic E-state index is -0.885. The summed E-state index contributed by atoms with van der Waals surface area (Å²) in [5.41, 5.74) is 0.493. The lowest BCUT2D eigenvalue weighted by molar-refractivity contribution is 0.0364. The number of rotatable bonds is 6. The van der Waals surface area contributed by atoms with Gasteiger partial charge in [-0.2, -0.15) is 0 Å². The Morgan fingerprint density at radius 1 is 1.19 bits per heavy atom. The van der Waals surface area contributed by atoms with Gasteiger partial charge >= 0.3 is 5.97 Å². The van der Waals surface area contributed by atoms with Crippen molar-refractivity contribution in [1.82, 2.24) is 14.5 Å². The van der Waals surface area contributed by atoms with Gasteiger partial charge in [0, 0.05) is 37.9 Å². The molecule has 1 saturated heterocycles. The quantitative estimate of drug-likeness (QED) is 0.587. The van der Waals surface area contributed by atoms with Crippen LogP contribution in [0.25, 0.3) is 22.2 Å². The van der Waals surface area contributed by atoms with Crippen molar-refractivity contribution in [3.63, 3.8) is 0 Å². The molecule has 0 spiro atoms. The monoisotopic (exact) mass is 441 g/mol. The Kier molecular flexibility index (Phi) is 6.48. The van der Waals surface area contributed by atoms with Gasteiger partial charge in [0.1, 0.15) is 17.2 Å². The fraction of sp³-hybridized carbons (Fsp3) is 0.348. The van der Waals surface area contributed by atoms with E-state index in [-0.39, 0.29) is 30.0 Å². The second-order valence-electron chi connectivity index (χ2n) is 7.46. The standard InChI is InChI=1S/C23H24FN3O5/c1-2-32-23(30)19-20(28)18-13-16(15-3-5-17(24)6-4-15)14-25-21(18)27(22(19)29)8-7-26-9-11-31-12-10-26/h3-6,13-14,28H,2,7-12H2,1H3. The van der Waals surface area contributed by atoms with Crippen molar-refractivity contribution in [2.24, 2.45) is 0 Å². The third kappa shape index (κ3) is 4.35. The first-order chi connectivity index (χ1) is 15.5.